The van der Waals surface area contributed by atoms with Crippen molar-refractivity contribution in [1.82, 2.24) is 9.78 Å². The Bertz CT molecular complexity index is 1150. The molecule has 0 spiro atoms. The zero-order valence-electron chi connectivity index (χ0n) is 18.2. The van der Waals surface area contributed by atoms with E-state index >= 15 is 0 Å². The topological polar surface area (TPSA) is 64.4 Å². The number of hydrogen-bond acceptors (Lipinski definition) is 3. The van der Waals surface area contributed by atoms with Crippen LogP contribution in [0.4, 0.5) is 0 Å². The number of fused-ring (bicyclic) bond motifs is 1. The molecule has 2 aliphatic carbocycles. The number of methoxy groups -OCH3 is 1. The van der Waals surface area contributed by atoms with E-state index in [4.69, 9.17) is 21.4 Å². The number of rotatable bonds is 5. The highest BCUT2D eigenvalue weighted by atomic mass is 35.5. The van der Waals surface area contributed by atoms with Crippen molar-refractivity contribution in [2.75, 3.05) is 7.11 Å². The van der Waals surface area contributed by atoms with Crippen molar-refractivity contribution in [3.8, 4) is 22.7 Å². The van der Waals surface area contributed by atoms with E-state index in [9.17, 15) is 9.90 Å². The standard InChI is InChI=1S/C26H27ClN2O3/c1-32-23-8-4-3-7-22(23)29-24(17-9-11-19(27)12-10-17)20-15-18(16-21(20)28-29)26(25(30)31)13-5-2-6-14-26/h3-4,7-12,18H,2,5-6,13-16H2,1H3,(H,30,31)/t18-/m0/s1. The maximum Gasteiger partial charge on any atom is 0.309 e. The predicted octanol–water partition coefficient (Wildman–Crippen LogP) is 5.95. The molecule has 1 saturated carbocycles. The van der Waals surface area contributed by atoms with Gasteiger partial charge < -0.3 is 9.84 Å². The third-order valence-electron chi connectivity index (χ3n) is 7.34. The Kier molecular flexibility index (Phi) is 5.46. The van der Waals surface area contributed by atoms with Crippen LogP contribution < -0.4 is 4.74 Å². The van der Waals surface area contributed by atoms with E-state index in [0.717, 1.165) is 72.5 Å². The molecule has 1 heterocycles. The van der Waals surface area contributed by atoms with Gasteiger partial charge in [-0.1, -0.05) is 55.1 Å². The van der Waals surface area contributed by atoms with Crippen LogP contribution in [0.2, 0.25) is 5.02 Å². The van der Waals surface area contributed by atoms with E-state index in [1.165, 1.54) is 0 Å². The molecule has 166 valence electrons. The van der Waals surface area contributed by atoms with Gasteiger partial charge in [0.2, 0.25) is 0 Å². The first kappa shape index (κ1) is 21.1. The van der Waals surface area contributed by atoms with Gasteiger partial charge in [-0.25, -0.2) is 4.68 Å². The van der Waals surface area contributed by atoms with Crippen molar-refractivity contribution in [3.05, 3.63) is 64.8 Å². The van der Waals surface area contributed by atoms with Gasteiger partial charge in [-0.3, -0.25) is 4.79 Å². The minimum Gasteiger partial charge on any atom is -0.494 e. The predicted molar refractivity (Wildman–Crippen MR) is 125 cm³/mol. The van der Waals surface area contributed by atoms with Crippen LogP contribution in [0.25, 0.3) is 16.9 Å². The van der Waals surface area contributed by atoms with E-state index in [0.29, 0.717) is 11.4 Å². The Balaban J connectivity index is 1.63. The van der Waals surface area contributed by atoms with E-state index in [2.05, 4.69) is 0 Å². The summed E-state index contributed by atoms with van der Waals surface area (Å²) in [6.07, 6.45) is 6.07. The summed E-state index contributed by atoms with van der Waals surface area (Å²) in [7, 11) is 1.66. The third-order valence-corrected chi connectivity index (χ3v) is 7.59. The van der Waals surface area contributed by atoms with Crippen molar-refractivity contribution >= 4 is 17.6 Å². The second-order valence-electron chi connectivity index (χ2n) is 8.99. The lowest BCUT2D eigenvalue weighted by Crippen LogP contribution is -2.41. The molecule has 3 aromatic rings. The summed E-state index contributed by atoms with van der Waals surface area (Å²) >= 11 is 6.16. The number of aromatic nitrogens is 2. The molecule has 2 aliphatic rings. The first-order chi connectivity index (χ1) is 15.5. The summed E-state index contributed by atoms with van der Waals surface area (Å²) < 4.78 is 7.57. The van der Waals surface area contributed by atoms with Gasteiger partial charge in [0, 0.05) is 16.1 Å². The molecule has 0 amide bonds. The van der Waals surface area contributed by atoms with Gasteiger partial charge in [0.1, 0.15) is 11.4 Å². The van der Waals surface area contributed by atoms with Gasteiger partial charge in [-0.15, -0.1) is 0 Å². The Morgan fingerprint density at radius 1 is 1.09 bits per heavy atom. The monoisotopic (exact) mass is 450 g/mol. The molecular formula is C26H27ClN2O3. The molecule has 6 heteroatoms. The van der Waals surface area contributed by atoms with Gasteiger partial charge in [0.25, 0.3) is 0 Å². The quantitative estimate of drug-likeness (QED) is 0.521. The summed E-state index contributed by atoms with van der Waals surface area (Å²) in [6, 6.07) is 15.6. The molecule has 5 nitrogen and oxygen atoms in total. The molecule has 1 N–H and O–H groups in total. The van der Waals surface area contributed by atoms with Gasteiger partial charge in [0.15, 0.2) is 0 Å². The van der Waals surface area contributed by atoms with Crippen LogP contribution >= 0.6 is 11.6 Å². The molecule has 1 aromatic heterocycles. The largest absolute Gasteiger partial charge is 0.494 e. The van der Waals surface area contributed by atoms with Crippen LogP contribution in [-0.4, -0.2) is 28.0 Å². The van der Waals surface area contributed by atoms with E-state index in [1.54, 1.807) is 7.11 Å². The second-order valence-corrected chi connectivity index (χ2v) is 9.43. The second kappa shape index (κ2) is 8.28. The lowest BCUT2D eigenvalue weighted by atomic mass is 9.65. The Labute approximate surface area is 193 Å². The van der Waals surface area contributed by atoms with E-state index < -0.39 is 11.4 Å². The fourth-order valence-electron chi connectivity index (χ4n) is 5.68. The molecule has 0 bridgehead atoms. The van der Waals surface area contributed by atoms with Crippen molar-refractivity contribution in [2.45, 2.75) is 44.9 Å². The molecular weight excluding hydrogens is 424 g/mol. The molecule has 0 saturated heterocycles. The van der Waals surface area contributed by atoms with Gasteiger partial charge >= 0.3 is 5.97 Å². The first-order valence-corrected chi connectivity index (χ1v) is 11.6. The highest BCUT2D eigenvalue weighted by molar-refractivity contribution is 6.30. The smallest absolute Gasteiger partial charge is 0.309 e. The number of carboxylic acid groups (broad SMARTS) is 1. The molecule has 0 radical (unpaired) electrons. The summed E-state index contributed by atoms with van der Waals surface area (Å²) in [6.45, 7) is 0. The summed E-state index contributed by atoms with van der Waals surface area (Å²) in [4.78, 5) is 12.4. The van der Waals surface area contributed by atoms with Gasteiger partial charge in [0.05, 0.1) is 23.9 Å². The number of ether oxygens (including phenoxy) is 1. The molecule has 1 atom stereocenters. The average molecular weight is 451 g/mol. The fourth-order valence-corrected chi connectivity index (χ4v) is 5.81. The van der Waals surface area contributed by atoms with Gasteiger partial charge in [-0.05, 0) is 55.9 Å². The lowest BCUT2D eigenvalue weighted by molar-refractivity contribution is -0.155. The van der Waals surface area contributed by atoms with Crippen LogP contribution in [0.5, 0.6) is 5.75 Å². The minimum absolute atomic E-state index is 0.0798. The minimum atomic E-state index is -0.641. The summed E-state index contributed by atoms with van der Waals surface area (Å²) in [5.74, 6) is 0.184. The van der Waals surface area contributed by atoms with Crippen LogP contribution in [0.1, 0.15) is 43.4 Å². The zero-order chi connectivity index (χ0) is 22.3. The average Bonchev–Trinajstić information content (AvgIpc) is 3.38. The zero-order valence-corrected chi connectivity index (χ0v) is 18.9. The first-order valence-electron chi connectivity index (χ1n) is 11.3. The van der Waals surface area contributed by atoms with Crippen LogP contribution in [-0.2, 0) is 17.6 Å². The van der Waals surface area contributed by atoms with Crippen molar-refractivity contribution < 1.29 is 14.6 Å². The molecule has 32 heavy (non-hydrogen) atoms. The maximum atomic E-state index is 12.4. The highest BCUT2D eigenvalue weighted by Crippen LogP contribution is 2.50. The van der Waals surface area contributed by atoms with Crippen LogP contribution in [0.15, 0.2) is 48.5 Å². The molecule has 5 rings (SSSR count). The number of nitrogens with zero attached hydrogens (tertiary/aromatic N) is 2. The number of carboxylic acids is 1. The van der Waals surface area contributed by atoms with Crippen molar-refractivity contribution in [1.29, 1.82) is 0 Å². The SMILES string of the molecule is COc1ccccc1-n1nc2c(c1-c1ccc(Cl)cc1)C[C@H](C1(C(=O)O)CCCCC1)C2. The molecule has 0 unspecified atom stereocenters. The van der Waals surface area contributed by atoms with E-state index in [1.807, 2.05) is 53.2 Å². The number of benzene rings is 2. The Hall–Kier alpha value is -2.79. The maximum absolute atomic E-state index is 12.4. The van der Waals surface area contributed by atoms with Crippen LogP contribution in [0, 0.1) is 11.3 Å². The van der Waals surface area contributed by atoms with Gasteiger partial charge in [-0.2, -0.15) is 5.10 Å². The lowest BCUT2D eigenvalue weighted by Gasteiger charge is -2.38. The third kappa shape index (κ3) is 3.39. The van der Waals surface area contributed by atoms with E-state index in [-0.39, 0.29) is 5.92 Å². The van der Waals surface area contributed by atoms with Crippen molar-refractivity contribution in [3.63, 3.8) is 0 Å². The molecule has 1 fully saturated rings. The highest BCUT2D eigenvalue weighted by Gasteiger charge is 2.49. The van der Waals surface area contributed by atoms with Crippen LogP contribution in [0.3, 0.4) is 0 Å². The Morgan fingerprint density at radius 2 is 1.81 bits per heavy atom. The fraction of sp³-hybridized carbons (Fsp3) is 0.385. The number of halogens is 1. The Morgan fingerprint density at radius 3 is 2.50 bits per heavy atom. The number of carbonyl (C=O) groups is 1. The molecule has 2 aromatic carbocycles. The molecule has 0 aliphatic heterocycles. The number of para-hydroxylation sites is 2. The number of hydrogen-bond donors (Lipinski definition) is 1. The number of aliphatic carboxylic acids is 1. The normalized spacial score (nSPS) is 19.5. The summed E-state index contributed by atoms with van der Waals surface area (Å²) in [5, 5.41) is 15.9. The van der Waals surface area contributed by atoms with Crippen molar-refractivity contribution in [2.24, 2.45) is 11.3 Å². The summed E-state index contributed by atoms with van der Waals surface area (Å²) in [5.41, 5.74) is 4.39.